The molecule has 0 atom stereocenters. The van der Waals surface area contributed by atoms with Gasteiger partial charge in [0.05, 0.1) is 6.21 Å². The number of amides is 1. The standard InChI is InChI=1S/C23H25N3O/c1-15-6-9-20(10-7-15)23(27)25-24-14-21-13-18(4)26(19(21)5)22-11-8-16(2)12-17(22)3/h6-14H,1-5H3,(H,25,27)/b24-14-. The lowest BCUT2D eigenvalue weighted by atomic mass is 10.1. The average molecular weight is 359 g/mol. The van der Waals surface area contributed by atoms with Crippen LogP contribution in [0.15, 0.2) is 53.6 Å². The summed E-state index contributed by atoms with van der Waals surface area (Å²) in [6.07, 6.45) is 1.70. The predicted octanol–water partition coefficient (Wildman–Crippen LogP) is 4.78. The van der Waals surface area contributed by atoms with Gasteiger partial charge in [0.2, 0.25) is 0 Å². The first-order valence-corrected chi connectivity index (χ1v) is 9.03. The lowest BCUT2D eigenvalue weighted by Gasteiger charge is -2.13. The normalized spacial score (nSPS) is 11.1. The number of nitrogens with one attached hydrogen (secondary N) is 1. The third-order valence-corrected chi connectivity index (χ3v) is 4.75. The van der Waals surface area contributed by atoms with Gasteiger partial charge in [-0.1, -0.05) is 35.4 Å². The van der Waals surface area contributed by atoms with E-state index in [9.17, 15) is 4.79 Å². The quantitative estimate of drug-likeness (QED) is 0.529. The molecular formula is C23H25N3O. The van der Waals surface area contributed by atoms with Crippen molar-refractivity contribution in [2.24, 2.45) is 5.10 Å². The smallest absolute Gasteiger partial charge is 0.271 e. The molecule has 4 heteroatoms. The Morgan fingerprint density at radius 3 is 2.26 bits per heavy atom. The lowest BCUT2D eigenvalue weighted by molar-refractivity contribution is 0.0955. The van der Waals surface area contributed by atoms with Gasteiger partial charge < -0.3 is 4.57 Å². The van der Waals surface area contributed by atoms with E-state index in [0.29, 0.717) is 5.56 Å². The molecule has 0 saturated carbocycles. The van der Waals surface area contributed by atoms with Crippen LogP contribution in [-0.4, -0.2) is 16.7 Å². The zero-order valence-corrected chi connectivity index (χ0v) is 16.5. The molecule has 1 amide bonds. The van der Waals surface area contributed by atoms with E-state index in [1.807, 2.05) is 19.1 Å². The zero-order valence-electron chi connectivity index (χ0n) is 16.5. The largest absolute Gasteiger partial charge is 0.318 e. The number of carbonyl (C=O) groups is 1. The Balaban J connectivity index is 1.81. The summed E-state index contributed by atoms with van der Waals surface area (Å²) in [5.41, 5.74) is 11.2. The maximum absolute atomic E-state index is 12.2. The van der Waals surface area contributed by atoms with E-state index in [-0.39, 0.29) is 5.91 Å². The van der Waals surface area contributed by atoms with E-state index in [4.69, 9.17) is 0 Å². The van der Waals surface area contributed by atoms with Gasteiger partial charge in [-0.3, -0.25) is 4.79 Å². The Bertz CT molecular complexity index is 1010. The zero-order chi connectivity index (χ0) is 19.6. The van der Waals surface area contributed by atoms with E-state index < -0.39 is 0 Å². The molecule has 1 N–H and O–H groups in total. The first-order valence-electron chi connectivity index (χ1n) is 9.03. The highest BCUT2D eigenvalue weighted by Crippen LogP contribution is 2.23. The highest BCUT2D eigenvalue weighted by Gasteiger charge is 2.11. The summed E-state index contributed by atoms with van der Waals surface area (Å²) in [4.78, 5) is 12.2. The minimum atomic E-state index is -0.213. The van der Waals surface area contributed by atoms with Gasteiger partial charge in [-0.05, 0) is 64.4 Å². The second-order valence-electron chi connectivity index (χ2n) is 7.02. The molecule has 2 aromatic carbocycles. The van der Waals surface area contributed by atoms with Gasteiger partial charge in [0.15, 0.2) is 0 Å². The van der Waals surface area contributed by atoms with Gasteiger partial charge in [0, 0.05) is 28.2 Å². The number of hydrazone groups is 1. The van der Waals surface area contributed by atoms with Crippen molar-refractivity contribution in [2.45, 2.75) is 34.6 Å². The molecule has 138 valence electrons. The number of carbonyl (C=O) groups excluding carboxylic acids is 1. The van der Waals surface area contributed by atoms with Gasteiger partial charge in [0.25, 0.3) is 5.91 Å². The van der Waals surface area contributed by atoms with Crippen molar-refractivity contribution in [3.63, 3.8) is 0 Å². The SMILES string of the molecule is Cc1ccc(C(=O)N/N=C\c2cc(C)n(-c3ccc(C)cc3C)c2C)cc1. The molecule has 0 unspecified atom stereocenters. The molecule has 0 aliphatic heterocycles. The van der Waals surface area contributed by atoms with Crippen LogP contribution in [0.25, 0.3) is 5.69 Å². The molecule has 27 heavy (non-hydrogen) atoms. The average Bonchev–Trinajstić information content (AvgIpc) is 2.90. The van der Waals surface area contributed by atoms with E-state index in [1.165, 1.54) is 16.8 Å². The summed E-state index contributed by atoms with van der Waals surface area (Å²) in [5, 5.41) is 4.15. The highest BCUT2D eigenvalue weighted by molar-refractivity contribution is 5.95. The van der Waals surface area contributed by atoms with E-state index in [0.717, 1.165) is 22.5 Å². The number of rotatable bonds is 4. The first kappa shape index (κ1) is 18.6. The Kier molecular flexibility index (Phi) is 5.26. The van der Waals surface area contributed by atoms with Crippen molar-refractivity contribution in [3.05, 3.63) is 87.7 Å². The Morgan fingerprint density at radius 2 is 1.59 bits per heavy atom. The third kappa shape index (κ3) is 4.00. The van der Waals surface area contributed by atoms with Crippen LogP contribution in [0.5, 0.6) is 0 Å². The van der Waals surface area contributed by atoms with Crippen LogP contribution in [-0.2, 0) is 0 Å². The molecule has 0 saturated heterocycles. The second kappa shape index (κ2) is 7.62. The molecule has 0 fully saturated rings. The summed E-state index contributed by atoms with van der Waals surface area (Å²) < 4.78 is 2.22. The highest BCUT2D eigenvalue weighted by atomic mass is 16.2. The minimum Gasteiger partial charge on any atom is -0.318 e. The molecule has 0 aliphatic carbocycles. The molecule has 3 rings (SSSR count). The monoisotopic (exact) mass is 359 g/mol. The molecule has 3 aromatic rings. The number of hydrogen-bond acceptors (Lipinski definition) is 2. The van der Waals surface area contributed by atoms with Crippen LogP contribution in [0.3, 0.4) is 0 Å². The Labute approximate surface area is 160 Å². The number of hydrogen-bond donors (Lipinski definition) is 1. The van der Waals surface area contributed by atoms with Gasteiger partial charge in [-0.15, -0.1) is 0 Å². The van der Waals surface area contributed by atoms with Crippen molar-refractivity contribution >= 4 is 12.1 Å². The maximum atomic E-state index is 12.2. The van der Waals surface area contributed by atoms with Crippen LogP contribution < -0.4 is 5.43 Å². The molecule has 1 heterocycles. The Morgan fingerprint density at radius 1 is 0.926 bits per heavy atom. The molecule has 0 aliphatic rings. The number of aromatic nitrogens is 1. The van der Waals surface area contributed by atoms with Crippen molar-refractivity contribution in [2.75, 3.05) is 0 Å². The van der Waals surface area contributed by atoms with Crippen LogP contribution >= 0.6 is 0 Å². The van der Waals surface area contributed by atoms with E-state index in [1.54, 1.807) is 18.3 Å². The summed E-state index contributed by atoms with van der Waals surface area (Å²) in [5.74, 6) is -0.213. The molecule has 4 nitrogen and oxygen atoms in total. The number of benzene rings is 2. The minimum absolute atomic E-state index is 0.213. The fourth-order valence-corrected chi connectivity index (χ4v) is 3.28. The van der Waals surface area contributed by atoms with Gasteiger partial charge in [0.1, 0.15) is 0 Å². The third-order valence-electron chi connectivity index (χ3n) is 4.75. The topological polar surface area (TPSA) is 46.4 Å². The van der Waals surface area contributed by atoms with E-state index in [2.05, 4.69) is 67.1 Å². The number of aryl methyl sites for hydroxylation is 4. The molecular weight excluding hydrogens is 334 g/mol. The molecule has 0 bridgehead atoms. The molecule has 0 spiro atoms. The van der Waals surface area contributed by atoms with Crippen molar-refractivity contribution < 1.29 is 4.79 Å². The summed E-state index contributed by atoms with van der Waals surface area (Å²) in [6.45, 7) is 10.4. The second-order valence-corrected chi connectivity index (χ2v) is 7.02. The van der Waals surface area contributed by atoms with Crippen LogP contribution in [0.4, 0.5) is 0 Å². The first-order chi connectivity index (χ1) is 12.9. The van der Waals surface area contributed by atoms with Crippen LogP contribution in [0.1, 0.15) is 44.0 Å². The predicted molar refractivity (Wildman–Crippen MR) is 111 cm³/mol. The van der Waals surface area contributed by atoms with Crippen molar-refractivity contribution in [1.82, 2.24) is 9.99 Å². The fourth-order valence-electron chi connectivity index (χ4n) is 3.28. The fraction of sp³-hybridized carbons (Fsp3) is 0.217. The van der Waals surface area contributed by atoms with Crippen molar-refractivity contribution in [1.29, 1.82) is 0 Å². The lowest BCUT2D eigenvalue weighted by Crippen LogP contribution is -2.17. The summed E-state index contributed by atoms with van der Waals surface area (Å²) in [7, 11) is 0. The van der Waals surface area contributed by atoms with Gasteiger partial charge in [-0.2, -0.15) is 5.10 Å². The Hall–Kier alpha value is -3.14. The van der Waals surface area contributed by atoms with E-state index >= 15 is 0 Å². The van der Waals surface area contributed by atoms with Gasteiger partial charge in [-0.25, -0.2) is 5.43 Å². The van der Waals surface area contributed by atoms with Gasteiger partial charge >= 0.3 is 0 Å². The van der Waals surface area contributed by atoms with Crippen LogP contribution in [0, 0.1) is 34.6 Å². The maximum Gasteiger partial charge on any atom is 0.271 e. The summed E-state index contributed by atoms with van der Waals surface area (Å²) >= 11 is 0. The summed E-state index contributed by atoms with van der Waals surface area (Å²) in [6, 6.07) is 16.0. The number of nitrogens with zero attached hydrogens (tertiary/aromatic N) is 2. The van der Waals surface area contributed by atoms with Crippen molar-refractivity contribution in [3.8, 4) is 5.69 Å². The molecule has 1 aromatic heterocycles. The molecule has 0 radical (unpaired) electrons. The van der Waals surface area contributed by atoms with Crippen LogP contribution in [0.2, 0.25) is 0 Å².